The van der Waals surface area contributed by atoms with Crippen molar-refractivity contribution < 1.29 is 19.5 Å². The maximum absolute atomic E-state index is 12.3. The van der Waals surface area contributed by atoms with Gasteiger partial charge in [0.15, 0.2) is 5.69 Å². The van der Waals surface area contributed by atoms with E-state index in [1.807, 2.05) is 0 Å². The van der Waals surface area contributed by atoms with Crippen LogP contribution in [0.3, 0.4) is 0 Å². The minimum Gasteiger partial charge on any atom is -0.478 e. The minimum atomic E-state index is -1.28. The minimum absolute atomic E-state index is 0.103. The number of nitrogens with zero attached hydrogens (tertiary/aromatic N) is 4. The third-order valence-electron chi connectivity index (χ3n) is 2.95. The van der Waals surface area contributed by atoms with Crippen LogP contribution >= 0.6 is 0 Å². The van der Waals surface area contributed by atoms with Gasteiger partial charge in [0.25, 0.3) is 11.8 Å². The summed E-state index contributed by atoms with van der Waals surface area (Å²) < 4.78 is 2.56. The summed E-state index contributed by atoms with van der Waals surface area (Å²) in [5.74, 6) is -2.81. The number of nitrogens with one attached hydrogen (secondary N) is 1. The van der Waals surface area contributed by atoms with Gasteiger partial charge in [-0.15, -0.1) is 0 Å². The first kappa shape index (κ1) is 15.2. The average molecular weight is 306 g/mol. The van der Waals surface area contributed by atoms with E-state index in [9.17, 15) is 14.4 Å². The molecule has 4 N–H and O–H groups in total. The number of rotatable bonds is 5. The van der Waals surface area contributed by atoms with Gasteiger partial charge in [-0.25, -0.2) is 4.79 Å². The summed E-state index contributed by atoms with van der Waals surface area (Å²) in [5, 5.41) is 19.2. The smallest absolute Gasteiger partial charge is 0.339 e. The molecule has 0 aliphatic heterocycles. The number of aromatic nitrogens is 4. The summed E-state index contributed by atoms with van der Waals surface area (Å²) in [6, 6.07) is 0. The van der Waals surface area contributed by atoms with Crippen LogP contribution in [0, 0.1) is 0 Å². The lowest BCUT2D eigenvalue weighted by Gasteiger charge is -2.05. The van der Waals surface area contributed by atoms with Crippen molar-refractivity contribution in [2.45, 2.75) is 13.5 Å². The van der Waals surface area contributed by atoms with Gasteiger partial charge in [0.1, 0.15) is 11.3 Å². The van der Waals surface area contributed by atoms with Crippen LogP contribution in [0.15, 0.2) is 12.4 Å². The number of carboxylic acids is 1. The maximum Gasteiger partial charge on any atom is 0.339 e. The zero-order chi connectivity index (χ0) is 16.4. The van der Waals surface area contributed by atoms with Crippen LogP contribution in [0.25, 0.3) is 0 Å². The van der Waals surface area contributed by atoms with Gasteiger partial charge in [0, 0.05) is 19.8 Å². The predicted molar refractivity (Wildman–Crippen MR) is 74.5 cm³/mol. The molecule has 10 heteroatoms. The molecule has 0 aromatic carbocycles. The number of carbonyl (C=O) groups is 3. The summed E-state index contributed by atoms with van der Waals surface area (Å²) in [6.07, 6.45) is 2.51. The molecule has 0 aliphatic carbocycles. The lowest BCUT2D eigenvalue weighted by atomic mass is 10.2. The van der Waals surface area contributed by atoms with Gasteiger partial charge >= 0.3 is 5.97 Å². The highest BCUT2D eigenvalue weighted by Crippen LogP contribution is 2.16. The standard InChI is InChI=1S/C12H14N6O4/c1-3-18-5-7(8(16-18)10(13)19)15-11(20)9-6(12(21)22)4-14-17(9)2/h4-5H,3H2,1-2H3,(H2,13,19)(H,15,20)(H,21,22). The molecule has 0 saturated carbocycles. The SMILES string of the molecule is CCn1cc(NC(=O)c2c(C(=O)O)cnn2C)c(C(N)=O)n1. The molecule has 0 spiro atoms. The number of hydrogen-bond acceptors (Lipinski definition) is 5. The second-order valence-electron chi connectivity index (χ2n) is 4.40. The van der Waals surface area contributed by atoms with E-state index in [4.69, 9.17) is 10.8 Å². The van der Waals surface area contributed by atoms with Crippen LogP contribution < -0.4 is 11.1 Å². The lowest BCUT2D eigenvalue weighted by Crippen LogP contribution is -2.21. The van der Waals surface area contributed by atoms with Crippen LogP contribution in [-0.2, 0) is 13.6 Å². The molecule has 10 nitrogen and oxygen atoms in total. The van der Waals surface area contributed by atoms with Gasteiger partial charge in [0.05, 0.1) is 11.9 Å². The molecule has 2 aromatic heterocycles. The Kier molecular flexibility index (Phi) is 3.93. The van der Waals surface area contributed by atoms with Crippen LogP contribution in [0.1, 0.15) is 38.3 Å². The Morgan fingerprint density at radius 3 is 2.64 bits per heavy atom. The molecule has 2 amide bonds. The second kappa shape index (κ2) is 5.68. The topological polar surface area (TPSA) is 145 Å². The highest BCUT2D eigenvalue weighted by molar-refractivity contribution is 6.11. The largest absolute Gasteiger partial charge is 0.478 e. The van der Waals surface area contributed by atoms with E-state index in [-0.39, 0.29) is 22.6 Å². The maximum atomic E-state index is 12.3. The number of hydrogen-bond donors (Lipinski definition) is 3. The lowest BCUT2D eigenvalue weighted by molar-refractivity contribution is 0.0692. The van der Waals surface area contributed by atoms with Gasteiger partial charge in [-0.05, 0) is 6.92 Å². The molecule has 0 radical (unpaired) electrons. The van der Waals surface area contributed by atoms with Crippen molar-refractivity contribution in [3.63, 3.8) is 0 Å². The number of nitrogens with two attached hydrogens (primary N) is 1. The summed E-state index contributed by atoms with van der Waals surface area (Å²) in [5.41, 5.74) is 4.82. The summed E-state index contributed by atoms with van der Waals surface area (Å²) in [4.78, 5) is 34.7. The Balaban J connectivity index is 2.38. The Morgan fingerprint density at radius 2 is 2.09 bits per heavy atom. The molecule has 0 bridgehead atoms. The van der Waals surface area contributed by atoms with Gasteiger partial charge in [-0.1, -0.05) is 0 Å². The quantitative estimate of drug-likeness (QED) is 0.690. The monoisotopic (exact) mass is 306 g/mol. The van der Waals surface area contributed by atoms with Gasteiger partial charge in [-0.2, -0.15) is 10.2 Å². The molecule has 0 unspecified atom stereocenters. The van der Waals surface area contributed by atoms with Crippen molar-refractivity contribution in [2.75, 3.05) is 5.32 Å². The van der Waals surface area contributed by atoms with Crippen molar-refractivity contribution in [3.8, 4) is 0 Å². The Labute approximate surface area is 124 Å². The van der Waals surface area contributed by atoms with E-state index in [0.717, 1.165) is 10.9 Å². The van der Waals surface area contributed by atoms with Crippen LogP contribution in [-0.4, -0.2) is 42.5 Å². The zero-order valence-electron chi connectivity index (χ0n) is 11.9. The number of aromatic carboxylic acids is 1. The fourth-order valence-electron chi connectivity index (χ4n) is 1.90. The van der Waals surface area contributed by atoms with Crippen molar-refractivity contribution in [1.29, 1.82) is 0 Å². The first-order chi connectivity index (χ1) is 10.3. The predicted octanol–water partition coefficient (Wildman–Crippen LogP) is -0.314. The molecule has 2 rings (SSSR count). The first-order valence-corrected chi connectivity index (χ1v) is 6.29. The Bertz CT molecular complexity index is 760. The number of carboxylic acid groups (broad SMARTS) is 1. The fraction of sp³-hybridized carbons (Fsp3) is 0.250. The molecule has 0 atom stereocenters. The van der Waals surface area contributed by atoms with E-state index in [1.54, 1.807) is 6.92 Å². The van der Waals surface area contributed by atoms with Crippen molar-refractivity contribution in [1.82, 2.24) is 19.6 Å². The number of carbonyl (C=O) groups excluding carboxylic acids is 2. The van der Waals surface area contributed by atoms with Gasteiger partial charge in [-0.3, -0.25) is 19.0 Å². The summed E-state index contributed by atoms with van der Waals surface area (Å²) in [6.45, 7) is 2.27. The van der Waals surface area contributed by atoms with E-state index in [0.29, 0.717) is 6.54 Å². The number of anilines is 1. The molecule has 0 saturated heterocycles. The average Bonchev–Trinajstić information content (AvgIpc) is 3.02. The molecule has 2 heterocycles. The van der Waals surface area contributed by atoms with E-state index in [2.05, 4.69) is 15.5 Å². The van der Waals surface area contributed by atoms with Gasteiger partial charge in [0.2, 0.25) is 0 Å². The van der Waals surface area contributed by atoms with Gasteiger partial charge < -0.3 is 16.2 Å². The molecule has 2 aromatic rings. The first-order valence-electron chi connectivity index (χ1n) is 6.29. The highest BCUT2D eigenvalue weighted by atomic mass is 16.4. The Hall–Kier alpha value is -3.17. The number of primary amides is 1. The van der Waals surface area contributed by atoms with Crippen molar-refractivity contribution in [2.24, 2.45) is 12.8 Å². The third-order valence-corrected chi connectivity index (χ3v) is 2.95. The molecule has 0 fully saturated rings. The number of amides is 2. The highest BCUT2D eigenvalue weighted by Gasteiger charge is 2.24. The second-order valence-corrected chi connectivity index (χ2v) is 4.40. The molecule has 22 heavy (non-hydrogen) atoms. The van der Waals surface area contributed by atoms with E-state index >= 15 is 0 Å². The van der Waals surface area contributed by atoms with Crippen molar-refractivity contribution >= 4 is 23.5 Å². The summed E-state index contributed by atoms with van der Waals surface area (Å²) >= 11 is 0. The van der Waals surface area contributed by atoms with Crippen molar-refractivity contribution in [3.05, 3.63) is 29.3 Å². The molecular weight excluding hydrogens is 292 g/mol. The van der Waals surface area contributed by atoms with E-state index in [1.165, 1.54) is 17.9 Å². The normalized spacial score (nSPS) is 10.5. The van der Waals surface area contributed by atoms with Crippen LogP contribution in [0.4, 0.5) is 5.69 Å². The molecular formula is C12H14N6O4. The molecule has 116 valence electrons. The Morgan fingerprint density at radius 1 is 1.41 bits per heavy atom. The fourth-order valence-corrected chi connectivity index (χ4v) is 1.90. The zero-order valence-corrected chi connectivity index (χ0v) is 11.9. The van der Waals surface area contributed by atoms with Crippen LogP contribution in [0.5, 0.6) is 0 Å². The van der Waals surface area contributed by atoms with Crippen LogP contribution in [0.2, 0.25) is 0 Å². The summed E-state index contributed by atoms with van der Waals surface area (Å²) in [7, 11) is 1.44. The van der Waals surface area contributed by atoms with E-state index < -0.39 is 17.8 Å². The number of aryl methyl sites for hydroxylation is 2. The molecule has 0 aliphatic rings. The third kappa shape index (κ3) is 2.66.